The van der Waals surface area contributed by atoms with Crippen LogP contribution in [0.4, 0.5) is 17.1 Å². The normalized spacial score (nSPS) is 16.9. The van der Waals surface area contributed by atoms with Crippen LogP contribution in [0, 0.1) is 0 Å². The molecule has 7 nitrogen and oxygen atoms in total. The van der Waals surface area contributed by atoms with Gasteiger partial charge in [-0.3, -0.25) is 9.69 Å². The van der Waals surface area contributed by atoms with Crippen LogP contribution in [-0.2, 0) is 16.1 Å². The number of nitrogens with zero attached hydrogens (tertiary/aromatic N) is 4. The van der Waals surface area contributed by atoms with E-state index in [-0.39, 0.29) is 5.78 Å². The van der Waals surface area contributed by atoms with Crippen molar-refractivity contribution in [2.75, 3.05) is 41.1 Å². The predicted octanol–water partition coefficient (Wildman–Crippen LogP) is 7.34. The fourth-order valence-electron chi connectivity index (χ4n) is 5.20. The summed E-state index contributed by atoms with van der Waals surface area (Å²) in [6.07, 6.45) is -0.460. The molecular formula is C33H30Cl2N4O3. The van der Waals surface area contributed by atoms with Gasteiger partial charge in [-0.1, -0.05) is 65.7 Å². The lowest BCUT2D eigenvalue weighted by molar-refractivity contribution is -0.111. The minimum atomic E-state index is -0.460. The SMILES string of the molecule is CC(=O)C1=NN(c2ccc(Cl)cc2)[C@@H](c2ccc(OCc3ccccc3)cc2)N1c1ccc(N2CCOCC2)c(Cl)c1. The molecule has 2 aliphatic rings. The number of hydrogen-bond donors (Lipinski definition) is 0. The molecule has 0 N–H and O–H groups in total. The third kappa shape index (κ3) is 5.95. The first kappa shape index (κ1) is 28.1. The summed E-state index contributed by atoms with van der Waals surface area (Å²) in [5, 5.41) is 7.89. The lowest BCUT2D eigenvalue weighted by Crippen LogP contribution is -2.38. The number of rotatable bonds is 8. The Kier molecular flexibility index (Phi) is 8.33. The molecule has 2 aliphatic heterocycles. The maximum absolute atomic E-state index is 13.0. The molecule has 0 unspecified atom stereocenters. The summed E-state index contributed by atoms with van der Waals surface area (Å²) < 4.78 is 11.5. The van der Waals surface area contributed by atoms with Crippen molar-refractivity contribution < 1.29 is 14.3 Å². The van der Waals surface area contributed by atoms with E-state index in [1.54, 1.807) is 0 Å². The molecule has 4 aromatic rings. The minimum Gasteiger partial charge on any atom is -0.489 e. The number of hydrazone groups is 1. The van der Waals surface area contributed by atoms with E-state index in [1.165, 1.54) is 6.92 Å². The van der Waals surface area contributed by atoms with Gasteiger partial charge in [0.15, 0.2) is 17.8 Å². The highest BCUT2D eigenvalue weighted by Crippen LogP contribution is 2.42. The van der Waals surface area contributed by atoms with E-state index < -0.39 is 6.17 Å². The zero-order valence-electron chi connectivity index (χ0n) is 23.1. The van der Waals surface area contributed by atoms with Crippen molar-refractivity contribution in [3.8, 4) is 5.75 Å². The van der Waals surface area contributed by atoms with E-state index in [0.717, 1.165) is 47.0 Å². The fraction of sp³-hybridized carbons (Fsp3) is 0.212. The van der Waals surface area contributed by atoms with Crippen molar-refractivity contribution in [1.82, 2.24) is 0 Å². The molecule has 0 aliphatic carbocycles. The molecule has 0 bridgehead atoms. The Hall–Kier alpha value is -4.04. The van der Waals surface area contributed by atoms with E-state index >= 15 is 0 Å². The summed E-state index contributed by atoms with van der Waals surface area (Å²) in [5.41, 5.74) is 4.51. The monoisotopic (exact) mass is 600 g/mol. The van der Waals surface area contributed by atoms with Gasteiger partial charge in [-0.15, -0.1) is 5.10 Å². The molecule has 214 valence electrons. The number of benzene rings is 4. The Balaban J connectivity index is 1.36. The van der Waals surface area contributed by atoms with Crippen LogP contribution in [0.25, 0.3) is 0 Å². The molecule has 0 aromatic heterocycles. The molecule has 2 heterocycles. The molecule has 0 amide bonds. The number of morpholine rings is 1. The minimum absolute atomic E-state index is 0.160. The highest BCUT2D eigenvalue weighted by Gasteiger charge is 2.39. The smallest absolute Gasteiger partial charge is 0.198 e. The average Bonchev–Trinajstić information content (AvgIpc) is 3.43. The zero-order chi connectivity index (χ0) is 29.1. The standard InChI is InChI=1S/C33H30Cl2N4O3/c1-23(40)32-36-39(27-11-9-26(34)10-12-27)33(25-7-14-29(15-8-25)42-22-24-5-3-2-4-6-24)38(32)28-13-16-31(30(35)21-28)37-17-19-41-20-18-37/h2-16,21,33H,17-20,22H2,1H3/t33-/m0/s1. The summed E-state index contributed by atoms with van der Waals surface area (Å²) in [6, 6.07) is 31.2. The van der Waals surface area contributed by atoms with Gasteiger partial charge < -0.3 is 14.4 Å². The Labute approximate surface area is 255 Å². The second kappa shape index (κ2) is 12.4. The average molecular weight is 602 g/mol. The van der Waals surface area contributed by atoms with Crippen molar-refractivity contribution >= 4 is 51.9 Å². The molecule has 1 atom stereocenters. The molecule has 0 radical (unpaired) electrons. The van der Waals surface area contributed by atoms with Crippen LogP contribution in [0.15, 0.2) is 102 Å². The van der Waals surface area contributed by atoms with Gasteiger partial charge in [0.05, 0.1) is 29.6 Å². The highest BCUT2D eigenvalue weighted by molar-refractivity contribution is 6.44. The second-order valence-corrected chi connectivity index (χ2v) is 11.0. The van der Waals surface area contributed by atoms with Crippen LogP contribution in [-0.4, -0.2) is 37.9 Å². The number of carbonyl (C=O) groups excluding carboxylic acids is 1. The molecule has 1 saturated heterocycles. The molecule has 6 rings (SSSR count). The number of anilines is 3. The molecule has 0 saturated carbocycles. The summed E-state index contributed by atoms with van der Waals surface area (Å²) in [4.78, 5) is 17.2. The first-order valence-electron chi connectivity index (χ1n) is 13.8. The first-order valence-corrected chi connectivity index (χ1v) is 14.6. The van der Waals surface area contributed by atoms with E-state index in [0.29, 0.717) is 35.7 Å². The van der Waals surface area contributed by atoms with Crippen LogP contribution in [0.2, 0.25) is 10.0 Å². The first-order chi connectivity index (χ1) is 20.5. The Bertz CT molecular complexity index is 1570. The van der Waals surface area contributed by atoms with Crippen LogP contribution < -0.4 is 19.5 Å². The van der Waals surface area contributed by atoms with Gasteiger partial charge in [-0.25, -0.2) is 5.01 Å². The Morgan fingerprint density at radius 2 is 1.60 bits per heavy atom. The number of amidine groups is 1. The van der Waals surface area contributed by atoms with E-state index in [1.807, 2.05) is 107 Å². The number of halogens is 2. The molecular weight excluding hydrogens is 571 g/mol. The van der Waals surface area contributed by atoms with Crippen molar-refractivity contribution in [1.29, 1.82) is 0 Å². The quantitative estimate of drug-likeness (QED) is 0.211. The Morgan fingerprint density at radius 3 is 2.26 bits per heavy atom. The van der Waals surface area contributed by atoms with Gasteiger partial charge in [-0.05, 0) is 65.7 Å². The van der Waals surface area contributed by atoms with Gasteiger partial charge in [0, 0.05) is 30.7 Å². The summed E-state index contributed by atoms with van der Waals surface area (Å²) >= 11 is 13.1. The number of ether oxygens (including phenoxy) is 2. The number of ketones is 1. The maximum atomic E-state index is 13.0. The third-order valence-corrected chi connectivity index (χ3v) is 7.86. The second-order valence-electron chi connectivity index (χ2n) is 10.1. The summed E-state index contributed by atoms with van der Waals surface area (Å²) in [7, 11) is 0. The van der Waals surface area contributed by atoms with Crippen LogP contribution in [0.3, 0.4) is 0 Å². The molecule has 9 heteroatoms. The summed E-state index contributed by atoms with van der Waals surface area (Å²) in [5.74, 6) is 0.901. The third-order valence-electron chi connectivity index (χ3n) is 7.30. The lowest BCUT2D eigenvalue weighted by atomic mass is 10.1. The van der Waals surface area contributed by atoms with Gasteiger partial charge in [0.2, 0.25) is 0 Å². The van der Waals surface area contributed by atoms with E-state index in [9.17, 15) is 4.79 Å². The van der Waals surface area contributed by atoms with Gasteiger partial charge in [-0.2, -0.15) is 0 Å². The van der Waals surface area contributed by atoms with Crippen LogP contribution in [0.1, 0.15) is 24.2 Å². The predicted molar refractivity (Wildman–Crippen MR) is 169 cm³/mol. The maximum Gasteiger partial charge on any atom is 0.198 e. The lowest BCUT2D eigenvalue weighted by Gasteiger charge is -2.33. The number of Topliss-reactive ketones (excluding diaryl/α,β-unsaturated/α-hetero) is 1. The van der Waals surface area contributed by atoms with Gasteiger partial charge in [0.1, 0.15) is 12.4 Å². The Morgan fingerprint density at radius 1 is 0.905 bits per heavy atom. The van der Waals surface area contributed by atoms with Crippen molar-refractivity contribution in [2.24, 2.45) is 5.10 Å². The number of carbonyl (C=O) groups is 1. The fourth-order valence-corrected chi connectivity index (χ4v) is 5.62. The largest absolute Gasteiger partial charge is 0.489 e. The molecule has 4 aromatic carbocycles. The van der Waals surface area contributed by atoms with Crippen molar-refractivity contribution in [2.45, 2.75) is 19.7 Å². The van der Waals surface area contributed by atoms with Gasteiger partial charge in [0.25, 0.3) is 0 Å². The molecule has 1 fully saturated rings. The van der Waals surface area contributed by atoms with Gasteiger partial charge >= 0.3 is 0 Å². The topological polar surface area (TPSA) is 57.6 Å². The van der Waals surface area contributed by atoms with Crippen LogP contribution in [0.5, 0.6) is 5.75 Å². The highest BCUT2D eigenvalue weighted by atomic mass is 35.5. The molecule has 0 spiro atoms. The van der Waals surface area contributed by atoms with Crippen LogP contribution >= 0.6 is 23.2 Å². The van der Waals surface area contributed by atoms with E-state index in [4.69, 9.17) is 37.8 Å². The zero-order valence-corrected chi connectivity index (χ0v) is 24.6. The van der Waals surface area contributed by atoms with Crippen molar-refractivity contribution in [3.63, 3.8) is 0 Å². The summed E-state index contributed by atoms with van der Waals surface area (Å²) in [6.45, 7) is 4.86. The van der Waals surface area contributed by atoms with E-state index in [2.05, 4.69) is 4.90 Å². The number of hydrogen-bond acceptors (Lipinski definition) is 7. The molecule has 42 heavy (non-hydrogen) atoms. The van der Waals surface area contributed by atoms with Crippen molar-refractivity contribution in [3.05, 3.63) is 118 Å².